The van der Waals surface area contributed by atoms with Crippen molar-refractivity contribution in [1.82, 2.24) is 4.90 Å². The van der Waals surface area contributed by atoms with E-state index in [-0.39, 0.29) is 5.91 Å². The van der Waals surface area contributed by atoms with Gasteiger partial charge >= 0.3 is 0 Å². The third-order valence-corrected chi connectivity index (χ3v) is 4.84. The van der Waals surface area contributed by atoms with E-state index in [0.29, 0.717) is 28.6 Å². The SMILES string of the molecule is COc1ccc2cc(CN(C)C(=O)c3cc(Cl)c(OC)c(OC)c3)ccc2c1. The van der Waals surface area contributed by atoms with E-state index in [1.807, 2.05) is 30.3 Å². The van der Waals surface area contributed by atoms with Gasteiger partial charge in [-0.3, -0.25) is 4.79 Å². The molecule has 0 fully saturated rings. The maximum atomic E-state index is 12.9. The molecule has 0 saturated heterocycles. The molecule has 0 radical (unpaired) electrons. The molecule has 0 unspecified atom stereocenters. The number of fused-ring (bicyclic) bond motifs is 1. The highest BCUT2D eigenvalue weighted by molar-refractivity contribution is 6.32. The van der Waals surface area contributed by atoms with Crippen LogP contribution in [0.1, 0.15) is 15.9 Å². The van der Waals surface area contributed by atoms with E-state index in [4.69, 9.17) is 25.8 Å². The van der Waals surface area contributed by atoms with Crippen LogP contribution in [-0.4, -0.2) is 39.2 Å². The fourth-order valence-corrected chi connectivity index (χ4v) is 3.39. The Morgan fingerprint density at radius 2 is 1.64 bits per heavy atom. The highest BCUT2D eigenvalue weighted by Crippen LogP contribution is 2.36. The zero-order chi connectivity index (χ0) is 20.3. The molecule has 0 aliphatic heterocycles. The summed E-state index contributed by atoms with van der Waals surface area (Å²) >= 11 is 6.23. The number of nitrogens with zero attached hydrogens (tertiary/aromatic N) is 1. The van der Waals surface area contributed by atoms with Gasteiger partial charge in [-0.15, -0.1) is 0 Å². The second-order valence-electron chi connectivity index (χ2n) is 6.40. The maximum Gasteiger partial charge on any atom is 0.254 e. The highest BCUT2D eigenvalue weighted by atomic mass is 35.5. The molecule has 28 heavy (non-hydrogen) atoms. The van der Waals surface area contributed by atoms with E-state index >= 15 is 0 Å². The Labute approximate surface area is 169 Å². The number of amides is 1. The number of ether oxygens (including phenoxy) is 3. The predicted molar refractivity (Wildman–Crippen MR) is 111 cm³/mol. The van der Waals surface area contributed by atoms with Gasteiger partial charge < -0.3 is 19.1 Å². The van der Waals surface area contributed by atoms with Gasteiger partial charge in [-0.05, 0) is 46.7 Å². The van der Waals surface area contributed by atoms with Crippen molar-refractivity contribution in [2.75, 3.05) is 28.4 Å². The van der Waals surface area contributed by atoms with Crippen molar-refractivity contribution in [1.29, 1.82) is 0 Å². The minimum Gasteiger partial charge on any atom is -0.497 e. The molecule has 0 N–H and O–H groups in total. The van der Waals surface area contributed by atoms with Gasteiger partial charge in [0.1, 0.15) is 5.75 Å². The standard InChI is InChI=1S/C22H22ClNO4/c1-24(22(25)17-11-19(23)21(28-4)20(12-17)27-3)13-14-5-6-16-10-18(26-2)8-7-15(16)9-14/h5-12H,13H2,1-4H3. The molecule has 0 bridgehead atoms. The van der Waals surface area contributed by atoms with Gasteiger partial charge in [-0.1, -0.05) is 29.8 Å². The van der Waals surface area contributed by atoms with Crippen LogP contribution in [0.4, 0.5) is 0 Å². The fraction of sp³-hybridized carbons (Fsp3) is 0.227. The van der Waals surface area contributed by atoms with Crippen LogP contribution >= 0.6 is 11.6 Å². The Kier molecular flexibility index (Phi) is 5.95. The van der Waals surface area contributed by atoms with Crippen LogP contribution in [0, 0.1) is 0 Å². The molecule has 0 aliphatic rings. The Morgan fingerprint density at radius 1 is 0.929 bits per heavy atom. The molecule has 3 aromatic carbocycles. The number of methoxy groups -OCH3 is 3. The van der Waals surface area contributed by atoms with Crippen molar-refractivity contribution in [3.8, 4) is 17.2 Å². The molecule has 0 aliphatic carbocycles. The van der Waals surface area contributed by atoms with E-state index in [0.717, 1.165) is 22.1 Å². The first-order valence-electron chi connectivity index (χ1n) is 8.70. The normalized spacial score (nSPS) is 10.6. The Bertz CT molecular complexity index is 1020. The van der Waals surface area contributed by atoms with E-state index in [1.54, 1.807) is 31.2 Å². The van der Waals surface area contributed by atoms with E-state index in [2.05, 4.69) is 6.07 Å². The number of carbonyl (C=O) groups excluding carboxylic acids is 1. The molecule has 3 aromatic rings. The number of benzene rings is 3. The first-order valence-corrected chi connectivity index (χ1v) is 9.08. The lowest BCUT2D eigenvalue weighted by atomic mass is 10.1. The van der Waals surface area contributed by atoms with Crippen LogP contribution in [0.3, 0.4) is 0 Å². The van der Waals surface area contributed by atoms with Crippen molar-refractivity contribution in [3.63, 3.8) is 0 Å². The van der Waals surface area contributed by atoms with Crippen LogP contribution in [0.25, 0.3) is 10.8 Å². The predicted octanol–water partition coefficient (Wildman–Crippen LogP) is 4.79. The van der Waals surface area contributed by atoms with E-state index in [1.165, 1.54) is 14.2 Å². The maximum absolute atomic E-state index is 12.9. The number of hydrogen-bond donors (Lipinski definition) is 0. The van der Waals surface area contributed by atoms with Crippen molar-refractivity contribution in [2.45, 2.75) is 6.54 Å². The first kappa shape index (κ1) is 19.8. The summed E-state index contributed by atoms with van der Waals surface area (Å²) in [5, 5.41) is 2.51. The molecule has 146 valence electrons. The van der Waals surface area contributed by atoms with E-state index in [9.17, 15) is 4.79 Å². The zero-order valence-electron chi connectivity index (χ0n) is 16.3. The monoisotopic (exact) mass is 399 g/mol. The first-order chi connectivity index (χ1) is 13.5. The summed E-state index contributed by atoms with van der Waals surface area (Å²) in [5.74, 6) is 1.50. The summed E-state index contributed by atoms with van der Waals surface area (Å²) < 4.78 is 15.8. The second-order valence-corrected chi connectivity index (χ2v) is 6.81. The Balaban J connectivity index is 1.82. The van der Waals surface area contributed by atoms with Crippen molar-refractivity contribution in [2.24, 2.45) is 0 Å². The van der Waals surface area contributed by atoms with Gasteiger partial charge in [-0.25, -0.2) is 0 Å². The van der Waals surface area contributed by atoms with Crippen LogP contribution < -0.4 is 14.2 Å². The Hall–Kier alpha value is -2.92. The molecule has 0 saturated carbocycles. The minimum atomic E-state index is -0.155. The third-order valence-electron chi connectivity index (χ3n) is 4.56. The lowest BCUT2D eigenvalue weighted by Gasteiger charge is -2.19. The highest BCUT2D eigenvalue weighted by Gasteiger charge is 2.18. The summed E-state index contributed by atoms with van der Waals surface area (Å²) in [5.41, 5.74) is 1.47. The lowest BCUT2D eigenvalue weighted by molar-refractivity contribution is 0.0784. The van der Waals surface area contributed by atoms with E-state index < -0.39 is 0 Å². The van der Waals surface area contributed by atoms with Gasteiger partial charge in [0.05, 0.1) is 26.4 Å². The van der Waals surface area contributed by atoms with Crippen LogP contribution in [0.2, 0.25) is 5.02 Å². The lowest BCUT2D eigenvalue weighted by Crippen LogP contribution is -2.26. The van der Waals surface area contributed by atoms with Gasteiger partial charge in [0.25, 0.3) is 5.91 Å². The van der Waals surface area contributed by atoms with Crippen LogP contribution in [0.5, 0.6) is 17.2 Å². The average Bonchev–Trinajstić information content (AvgIpc) is 2.71. The topological polar surface area (TPSA) is 48.0 Å². The van der Waals surface area contributed by atoms with Gasteiger partial charge in [0.15, 0.2) is 11.5 Å². The van der Waals surface area contributed by atoms with Gasteiger partial charge in [-0.2, -0.15) is 0 Å². The molecule has 6 heteroatoms. The molecular weight excluding hydrogens is 378 g/mol. The quantitative estimate of drug-likeness (QED) is 0.597. The number of hydrogen-bond acceptors (Lipinski definition) is 4. The number of rotatable bonds is 6. The molecule has 0 spiro atoms. The van der Waals surface area contributed by atoms with Crippen LogP contribution in [0.15, 0.2) is 48.5 Å². The molecule has 3 rings (SSSR count). The van der Waals surface area contributed by atoms with Gasteiger partial charge in [0.2, 0.25) is 0 Å². The summed E-state index contributed by atoms with van der Waals surface area (Å²) in [4.78, 5) is 14.5. The van der Waals surface area contributed by atoms with Crippen molar-refractivity contribution < 1.29 is 19.0 Å². The summed E-state index contributed by atoms with van der Waals surface area (Å²) in [6.45, 7) is 0.465. The second kappa shape index (κ2) is 8.40. The molecule has 0 atom stereocenters. The zero-order valence-corrected chi connectivity index (χ0v) is 17.0. The summed E-state index contributed by atoms with van der Waals surface area (Å²) in [7, 11) is 6.42. The smallest absolute Gasteiger partial charge is 0.254 e. The largest absolute Gasteiger partial charge is 0.497 e. The van der Waals surface area contributed by atoms with Crippen molar-refractivity contribution >= 4 is 28.3 Å². The summed E-state index contributed by atoms with van der Waals surface area (Å²) in [6, 6.07) is 15.2. The number of carbonyl (C=O) groups is 1. The fourth-order valence-electron chi connectivity index (χ4n) is 3.11. The van der Waals surface area contributed by atoms with Crippen molar-refractivity contribution in [3.05, 3.63) is 64.7 Å². The van der Waals surface area contributed by atoms with Gasteiger partial charge in [0, 0.05) is 19.2 Å². The molecule has 0 heterocycles. The molecule has 0 aromatic heterocycles. The summed E-state index contributed by atoms with van der Waals surface area (Å²) in [6.07, 6.45) is 0. The molecule has 5 nitrogen and oxygen atoms in total. The number of halogens is 1. The third kappa shape index (κ3) is 3.99. The van der Waals surface area contributed by atoms with Crippen LogP contribution in [-0.2, 0) is 6.54 Å². The molecular formula is C22H22ClNO4. The minimum absolute atomic E-state index is 0.155. The Morgan fingerprint density at radius 3 is 2.32 bits per heavy atom. The molecule has 1 amide bonds. The average molecular weight is 400 g/mol.